The molecule has 2 rings (SSSR count). The largest absolute Gasteiger partial charge is 0.481 e. The fraction of sp³-hybridized carbons (Fsp3) is 0.308. The smallest absolute Gasteiger partial charge is 0.303 e. The molecule has 0 bridgehead atoms. The Labute approximate surface area is 109 Å². The molecule has 0 spiro atoms. The Hall–Kier alpha value is -2.37. The maximum absolute atomic E-state index is 11.9. The molecule has 0 saturated carbocycles. The Balaban J connectivity index is 2.03. The van der Waals surface area contributed by atoms with E-state index in [1.807, 2.05) is 0 Å². The van der Waals surface area contributed by atoms with E-state index < -0.39 is 5.97 Å². The Morgan fingerprint density at radius 1 is 1.37 bits per heavy atom. The van der Waals surface area contributed by atoms with Crippen molar-refractivity contribution >= 4 is 28.7 Å². The Morgan fingerprint density at radius 3 is 2.89 bits per heavy atom. The van der Waals surface area contributed by atoms with Gasteiger partial charge in [-0.3, -0.25) is 9.59 Å². The summed E-state index contributed by atoms with van der Waals surface area (Å²) in [5.41, 5.74) is 2.04. The highest BCUT2D eigenvalue weighted by Crippen LogP contribution is 2.21. The van der Waals surface area contributed by atoms with Crippen molar-refractivity contribution in [3.63, 3.8) is 0 Å². The second-order valence-corrected chi connectivity index (χ2v) is 4.20. The van der Waals surface area contributed by atoms with Crippen LogP contribution in [0.5, 0.6) is 0 Å². The monoisotopic (exact) mass is 262 g/mol. The highest BCUT2D eigenvalue weighted by molar-refractivity contribution is 5.94. The molecule has 6 heteroatoms. The lowest BCUT2D eigenvalue weighted by Gasteiger charge is -2.16. The first-order valence-electron chi connectivity index (χ1n) is 5.89. The lowest BCUT2D eigenvalue weighted by molar-refractivity contribution is -0.137. The van der Waals surface area contributed by atoms with Gasteiger partial charge in [0.15, 0.2) is 12.0 Å². The minimum atomic E-state index is -0.890. The quantitative estimate of drug-likeness (QED) is 0.891. The highest BCUT2D eigenvalue weighted by atomic mass is 16.4. The van der Waals surface area contributed by atoms with Crippen LogP contribution >= 0.6 is 0 Å². The number of amides is 1. The van der Waals surface area contributed by atoms with Gasteiger partial charge in [0.05, 0.1) is 0 Å². The normalized spacial score (nSPS) is 10.6. The van der Waals surface area contributed by atoms with Crippen LogP contribution in [0.25, 0.3) is 11.1 Å². The minimum absolute atomic E-state index is 0.000713. The molecular formula is C13H14N2O4. The molecule has 6 nitrogen and oxygen atoms in total. The van der Waals surface area contributed by atoms with Crippen molar-refractivity contribution in [2.24, 2.45) is 0 Å². The summed E-state index contributed by atoms with van der Waals surface area (Å²) < 4.78 is 5.17. The number of carbonyl (C=O) groups is 2. The van der Waals surface area contributed by atoms with Gasteiger partial charge in [0, 0.05) is 31.6 Å². The van der Waals surface area contributed by atoms with Crippen LogP contribution in [0.15, 0.2) is 29.0 Å². The van der Waals surface area contributed by atoms with Crippen molar-refractivity contribution in [1.29, 1.82) is 0 Å². The van der Waals surface area contributed by atoms with Crippen LogP contribution in [-0.2, 0) is 9.59 Å². The lowest BCUT2D eigenvalue weighted by atomic mass is 10.2. The number of nitrogens with zero attached hydrogens (tertiary/aromatic N) is 2. The number of aromatic nitrogens is 1. The first kappa shape index (κ1) is 13.1. The molecule has 100 valence electrons. The maximum atomic E-state index is 11.9. The summed E-state index contributed by atoms with van der Waals surface area (Å²) in [5, 5.41) is 8.53. The van der Waals surface area contributed by atoms with Crippen LogP contribution in [0, 0.1) is 0 Å². The molecule has 1 amide bonds. The third-order valence-electron chi connectivity index (χ3n) is 2.86. The number of hydrogen-bond donors (Lipinski definition) is 1. The molecule has 0 saturated heterocycles. The van der Waals surface area contributed by atoms with Crippen molar-refractivity contribution in [2.45, 2.75) is 19.3 Å². The maximum Gasteiger partial charge on any atom is 0.303 e. The van der Waals surface area contributed by atoms with Gasteiger partial charge in [-0.15, -0.1) is 0 Å². The minimum Gasteiger partial charge on any atom is -0.481 e. The SMILES string of the molecule is CN(C(=O)CCCC(=O)O)c1ccc2ncoc2c1. The van der Waals surface area contributed by atoms with E-state index in [9.17, 15) is 9.59 Å². The molecule has 1 aromatic heterocycles. The van der Waals surface area contributed by atoms with Crippen LogP contribution in [0.1, 0.15) is 19.3 Å². The number of oxazole rings is 1. The number of hydrogen-bond acceptors (Lipinski definition) is 4. The van der Waals surface area contributed by atoms with E-state index in [2.05, 4.69) is 4.98 Å². The fourth-order valence-corrected chi connectivity index (χ4v) is 1.75. The van der Waals surface area contributed by atoms with E-state index >= 15 is 0 Å². The van der Waals surface area contributed by atoms with Crippen LogP contribution in [0.4, 0.5) is 5.69 Å². The number of carbonyl (C=O) groups excluding carboxylic acids is 1. The van der Waals surface area contributed by atoms with Crippen LogP contribution in [-0.4, -0.2) is 29.0 Å². The summed E-state index contributed by atoms with van der Waals surface area (Å²) in [5.74, 6) is -1.02. The molecule has 0 radical (unpaired) electrons. The zero-order valence-corrected chi connectivity index (χ0v) is 10.5. The van der Waals surface area contributed by atoms with Crippen molar-refractivity contribution < 1.29 is 19.1 Å². The van der Waals surface area contributed by atoms with Gasteiger partial charge < -0.3 is 14.4 Å². The lowest BCUT2D eigenvalue weighted by Crippen LogP contribution is -2.25. The predicted molar refractivity (Wildman–Crippen MR) is 68.9 cm³/mol. The van der Waals surface area contributed by atoms with Crippen LogP contribution < -0.4 is 4.90 Å². The zero-order chi connectivity index (χ0) is 13.8. The topological polar surface area (TPSA) is 83.6 Å². The van der Waals surface area contributed by atoms with Gasteiger partial charge in [-0.2, -0.15) is 0 Å². The number of aliphatic carboxylic acids is 1. The van der Waals surface area contributed by atoms with Gasteiger partial charge in [0.1, 0.15) is 5.52 Å². The summed E-state index contributed by atoms with van der Waals surface area (Å²) in [6.07, 6.45) is 1.89. The van der Waals surface area contributed by atoms with Crippen molar-refractivity contribution in [3.05, 3.63) is 24.6 Å². The number of rotatable bonds is 5. The highest BCUT2D eigenvalue weighted by Gasteiger charge is 2.12. The number of carboxylic acid groups (broad SMARTS) is 1. The third-order valence-corrected chi connectivity index (χ3v) is 2.86. The van der Waals surface area contributed by atoms with Crippen LogP contribution in [0.3, 0.4) is 0 Å². The van der Waals surface area contributed by atoms with Gasteiger partial charge in [0.25, 0.3) is 0 Å². The second kappa shape index (κ2) is 5.51. The third kappa shape index (κ3) is 3.09. The first-order chi connectivity index (χ1) is 9.08. The van der Waals surface area contributed by atoms with E-state index in [-0.39, 0.29) is 18.7 Å². The Morgan fingerprint density at radius 2 is 2.16 bits per heavy atom. The Bertz CT molecular complexity index is 605. The van der Waals surface area contributed by atoms with E-state index in [4.69, 9.17) is 9.52 Å². The molecule has 0 aliphatic rings. The van der Waals surface area contributed by atoms with Gasteiger partial charge in [-0.1, -0.05) is 0 Å². The zero-order valence-electron chi connectivity index (χ0n) is 10.5. The molecule has 0 aliphatic heterocycles. The summed E-state index contributed by atoms with van der Waals surface area (Å²) in [4.78, 5) is 27.8. The molecule has 0 fully saturated rings. The number of fused-ring (bicyclic) bond motifs is 1. The summed E-state index contributed by atoms with van der Waals surface area (Å²) in [6.45, 7) is 0. The average molecular weight is 262 g/mol. The second-order valence-electron chi connectivity index (χ2n) is 4.20. The molecule has 19 heavy (non-hydrogen) atoms. The van der Waals surface area contributed by atoms with E-state index in [0.717, 1.165) is 5.52 Å². The van der Waals surface area contributed by atoms with E-state index in [0.29, 0.717) is 17.7 Å². The van der Waals surface area contributed by atoms with Gasteiger partial charge in [-0.25, -0.2) is 4.98 Å². The Kier molecular flexibility index (Phi) is 3.79. The van der Waals surface area contributed by atoms with Crippen LogP contribution in [0.2, 0.25) is 0 Å². The predicted octanol–water partition coefficient (Wildman–Crippen LogP) is 2.05. The van der Waals surface area contributed by atoms with E-state index in [1.165, 1.54) is 11.3 Å². The molecule has 0 atom stereocenters. The van der Waals surface area contributed by atoms with Crippen molar-refractivity contribution in [1.82, 2.24) is 4.98 Å². The van der Waals surface area contributed by atoms with Crippen molar-refractivity contribution in [3.8, 4) is 0 Å². The van der Waals surface area contributed by atoms with E-state index in [1.54, 1.807) is 25.2 Å². The summed E-state index contributed by atoms with van der Waals surface area (Å²) >= 11 is 0. The number of carboxylic acids is 1. The summed E-state index contributed by atoms with van der Waals surface area (Å²) in [7, 11) is 1.65. The molecule has 0 unspecified atom stereocenters. The average Bonchev–Trinajstić information content (AvgIpc) is 2.84. The molecule has 1 N–H and O–H groups in total. The van der Waals surface area contributed by atoms with Gasteiger partial charge >= 0.3 is 5.97 Å². The number of anilines is 1. The molecule has 1 aromatic carbocycles. The number of benzene rings is 1. The molecule has 0 aliphatic carbocycles. The first-order valence-corrected chi connectivity index (χ1v) is 5.89. The van der Waals surface area contributed by atoms with Gasteiger partial charge in [0.2, 0.25) is 5.91 Å². The molecule has 1 heterocycles. The van der Waals surface area contributed by atoms with Crippen molar-refractivity contribution in [2.75, 3.05) is 11.9 Å². The van der Waals surface area contributed by atoms with Gasteiger partial charge in [-0.05, 0) is 18.6 Å². The molecular weight excluding hydrogens is 248 g/mol. The standard InChI is InChI=1S/C13H14N2O4/c1-15(12(16)3-2-4-13(17)18)9-5-6-10-11(7-9)19-8-14-10/h5-8H,2-4H2,1H3,(H,17,18). The summed E-state index contributed by atoms with van der Waals surface area (Å²) in [6, 6.07) is 5.28. The fourth-order valence-electron chi connectivity index (χ4n) is 1.75. The molecule has 2 aromatic rings.